The van der Waals surface area contributed by atoms with Gasteiger partial charge in [-0.2, -0.15) is 0 Å². The van der Waals surface area contributed by atoms with E-state index in [1.54, 1.807) is 0 Å². The molecule has 0 unspecified atom stereocenters. The molecule has 0 atom stereocenters. The Kier molecular flexibility index (Phi) is 7.62. The maximum Gasteiger partial charge on any atom is 0.402 e. The minimum atomic E-state index is -4.18. The second-order valence-corrected chi connectivity index (χ2v) is 10.1. The van der Waals surface area contributed by atoms with Crippen molar-refractivity contribution in [2.24, 2.45) is 17.0 Å². The van der Waals surface area contributed by atoms with Gasteiger partial charge in [-0.15, -0.1) is 0 Å². The maximum atomic E-state index is 13.5. The molecule has 2 fully saturated rings. The molecule has 1 aromatic rings. The topological polar surface area (TPSA) is 140 Å². The zero-order valence-electron chi connectivity index (χ0n) is 18.1. The van der Waals surface area contributed by atoms with Gasteiger partial charge in [0.2, 0.25) is 19.1 Å². The van der Waals surface area contributed by atoms with Gasteiger partial charge in [0.05, 0.1) is 18.3 Å². The average Bonchev–Trinajstić information content (AvgIpc) is 3.60. The van der Waals surface area contributed by atoms with Crippen molar-refractivity contribution < 1.29 is 46.7 Å². The highest BCUT2D eigenvalue weighted by atomic mass is 31.2. The number of hydrogen-bond acceptors (Lipinski definition) is 11. The Morgan fingerprint density at radius 2 is 1.48 bits per heavy atom. The highest BCUT2D eigenvalue weighted by molar-refractivity contribution is 7.61. The minimum Gasteiger partial charge on any atom is -0.447 e. The molecule has 12 heteroatoms. The van der Waals surface area contributed by atoms with Crippen LogP contribution in [-0.2, 0) is 42.3 Å². The molecule has 1 aromatic heterocycles. The second kappa shape index (κ2) is 10.6. The van der Waals surface area contributed by atoms with E-state index in [9.17, 15) is 18.9 Å². The molecular weight excluding hydrogens is 457 g/mol. The maximum absolute atomic E-state index is 13.5. The molecule has 2 saturated carbocycles. The fraction of sp³-hybridized carbons (Fsp3) is 0.619. The van der Waals surface area contributed by atoms with Crippen molar-refractivity contribution in [2.45, 2.75) is 57.8 Å². The van der Waals surface area contributed by atoms with Crippen LogP contribution in [0, 0.1) is 11.8 Å². The van der Waals surface area contributed by atoms with Crippen molar-refractivity contribution in [1.82, 2.24) is 0 Å². The van der Waals surface area contributed by atoms with E-state index in [2.05, 4.69) is 9.99 Å². The van der Waals surface area contributed by atoms with Crippen LogP contribution in [0.15, 0.2) is 21.7 Å². The van der Waals surface area contributed by atoms with Crippen molar-refractivity contribution in [3.63, 3.8) is 0 Å². The van der Waals surface area contributed by atoms with Crippen LogP contribution in [0.3, 0.4) is 0 Å². The summed E-state index contributed by atoms with van der Waals surface area (Å²) in [6.45, 7) is -1.25. The summed E-state index contributed by atoms with van der Waals surface area (Å²) in [5, 5.41) is 3.60. The Morgan fingerprint density at radius 3 is 1.97 bits per heavy atom. The number of oxime groups is 1. The van der Waals surface area contributed by atoms with Gasteiger partial charge >= 0.3 is 25.5 Å². The van der Waals surface area contributed by atoms with Gasteiger partial charge in [0.15, 0.2) is 5.76 Å². The number of carbonyl (C=O) groups excluding carboxylic acids is 3. The predicted molar refractivity (Wildman–Crippen MR) is 111 cm³/mol. The molecule has 2 aliphatic carbocycles. The first-order valence-corrected chi connectivity index (χ1v) is 12.6. The molecule has 11 nitrogen and oxygen atoms in total. The van der Waals surface area contributed by atoms with Crippen LogP contribution in [0.4, 0.5) is 0 Å². The quantitative estimate of drug-likeness (QED) is 0.211. The molecular formula is C21H26NO10P. The third kappa shape index (κ3) is 5.90. The molecule has 0 saturated heterocycles. The van der Waals surface area contributed by atoms with Gasteiger partial charge in [0, 0.05) is 0 Å². The zero-order valence-corrected chi connectivity index (χ0v) is 19.0. The molecule has 2 heterocycles. The molecule has 33 heavy (non-hydrogen) atoms. The van der Waals surface area contributed by atoms with E-state index in [1.165, 1.54) is 12.1 Å². The van der Waals surface area contributed by atoms with Gasteiger partial charge in [-0.05, 0) is 37.8 Å². The number of esters is 2. The van der Waals surface area contributed by atoms with Crippen LogP contribution in [0.2, 0.25) is 0 Å². The van der Waals surface area contributed by atoms with Crippen molar-refractivity contribution in [3.05, 3.63) is 17.9 Å². The van der Waals surface area contributed by atoms with E-state index in [-0.39, 0.29) is 35.2 Å². The molecule has 0 bridgehead atoms. The summed E-state index contributed by atoms with van der Waals surface area (Å²) in [5.74, 6) is -1.65. The number of nitrogens with zero attached hydrogens (tertiary/aromatic N) is 1. The van der Waals surface area contributed by atoms with Crippen LogP contribution < -0.4 is 5.50 Å². The molecule has 180 valence electrons. The summed E-state index contributed by atoms with van der Waals surface area (Å²) in [4.78, 5) is 40.1. The largest absolute Gasteiger partial charge is 0.447 e. The number of hydrogen-bond donors (Lipinski definition) is 0. The van der Waals surface area contributed by atoms with Crippen LogP contribution in [0.25, 0.3) is 0 Å². The average molecular weight is 483 g/mol. The predicted octanol–water partition coefficient (Wildman–Crippen LogP) is 3.16. The van der Waals surface area contributed by atoms with Gasteiger partial charge in [0.25, 0.3) is 0 Å². The first kappa shape index (κ1) is 23.7. The van der Waals surface area contributed by atoms with Crippen LogP contribution in [0.1, 0.15) is 63.5 Å². The van der Waals surface area contributed by atoms with E-state index < -0.39 is 39.1 Å². The first-order valence-electron chi connectivity index (χ1n) is 11.0. The van der Waals surface area contributed by atoms with E-state index in [0.717, 1.165) is 51.4 Å². The van der Waals surface area contributed by atoms with E-state index >= 15 is 0 Å². The lowest BCUT2D eigenvalue weighted by Crippen LogP contribution is -2.20. The Morgan fingerprint density at radius 1 is 0.939 bits per heavy atom. The molecule has 1 aliphatic heterocycles. The van der Waals surface area contributed by atoms with Crippen molar-refractivity contribution in [3.8, 4) is 0 Å². The van der Waals surface area contributed by atoms with Gasteiger partial charge in [0.1, 0.15) is 5.71 Å². The van der Waals surface area contributed by atoms with E-state index in [4.69, 9.17) is 22.9 Å². The summed E-state index contributed by atoms with van der Waals surface area (Å²) in [7, 11) is -4.18. The Hall–Kier alpha value is -2.49. The lowest BCUT2D eigenvalue weighted by molar-refractivity contribution is -0.157. The summed E-state index contributed by atoms with van der Waals surface area (Å²) >= 11 is 0. The number of ether oxygens (including phenoxy) is 2. The van der Waals surface area contributed by atoms with Crippen LogP contribution in [0.5, 0.6) is 0 Å². The summed E-state index contributed by atoms with van der Waals surface area (Å²) in [5.41, 5.74) is 0.00602. The SMILES string of the molecule is O=C1CC(c2ccc(P(=O)(OCOC(=O)C3CCCC3)OCOC(=O)C3CCCC3)o2)=NO1. The Balaban J connectivity index is 1.39. The fourth-order valence-electron chi connectivity index (χ4n) is 4.10. The van der Waals surface area contributed by atoms with Crippen molar-refractivity contribution in [1.29, 1.82) is 0 Å². The first-order chi connectivity index (χ1) is 15.9. The van der Waals surface area contributed by atoms with Crippen molar-refractivity contribution in [2.75, 3.05) is 13.6 Å². The smallest absolute Gasteiger partial charge is 0.402 e. The third-order valence-electron chi connectivity index (χ3n) is 5.94. The Labute approximate surface area is 190 Å². The molecule has 4 rings (SSSR count). The Bertz CT molecular complexity index is 920. The third-order valence-corrected chi connectivity index (χ3v) is 7.61. The van der Waals surface area contributed by atoms with E-state index in [1.807, 2.05) is 0 Å². The fourth-order valence-corrected chi connectivity index (χ4v) is 5.28. The van der Waals surface area contributed by atoms with Crippen LogP contribution >= 0.6 is 7.60 Å². The highest BCUT2D eigenvalue weighted by Gasteiger charge is 2.36. The molecule has 0 aromatic carbocycles. The van der Waals surface area contributed by atoms with Gasteiger partial charge < -0.3 is 18.7 Å². The monoisotopic (exact) mass is 483 g/mol. The normalized spacial score (nSPS) is 19.5. The molecule has 0 radical (unpaired) electrons. The van der Waals surface area contributed by atoms with Crippen LogP contribution in [-0.4, -0.2) is 37.2 Å². The molecule has 0 spiro atoms. The van der Waals surface area contributed by atoms with Gasteiger partial charge in [-0.1, -0.05) is 30.8 Å². The lowest BCUT2D eigenvalue weighted by Gasteiger charge is -2.18. The number of furan rings is 1. The lowest BCUT2D eigenvalue weighted by atomic mass is 10.1. The number of rotatable bonds is 10. The van der Waals surface area contributed by atoms with Gasteiger partial charge in [-0.25, -0.2) is 4.79 Å². The van der Waals surface area contributed by atoms with Crippen molar-refractivity contribution >= 4 is 36.7 Å². The highest BCUT2D eigenvalue weighted by Crippen LogP contribution is 2.47. The second-order valence-electron chi connectivity index (χ2n) is 8.20. The molecule has 3 aliphatic rings. The molecule has 0 amide bonds. The number of carbonyl (C=O) groups is 3. The molecule has 0 N–H and O–H groups in total. The summed E-state index contributed by atoms with van der Waals surface area (Å²) in [6.07, 6.45) is 6.71. The standard InChI is InChI=1S/C21H26NO10P/c23-18-11-16(22-32-18)17-9-10-19(31-17)33(26,29-12-27-20(24)14-5-1-2-6-14)30-13-28-21(25)15-7-3-4-8-15/h9-10,14-15H,1-8,11-13H2. The summed E-state index contributed by atoms with van der Waals surface area (Å²) < 4.78 is 39.9. The van der Waals surface area contributed by atoms with E-state index in [0.29, 0.717) is 0 Å². The van der Waals surface area contributed by atoms with Gasteiger partial charge in [-0.3, -0.25) is 23.2 Å². The summed E-state index contributed by atoms with van der Waals surface area (Å²) in [6, 6.07) is 2.77. The minimum absolute atomic E-state index is 0.100. The zero-order chi connectivity index (χ0) is 23.3.